The van der Waals surface area contributed by atoms with Crippen molar-refractivity contribution in [3.63, 3.8) is 0 Å². The Bertz CT molecular complexity index is 1560. The second kappa shape index (κ2) is 11.5. The van der Waals surface area contributed by atoms with Gasteiger partial charge in [-0.25, -0.2) is 4.79 Å². The summed E-state index contributed by atoms with van der Waals surface area (Å²) >= 11 is 12.4. The number of furan rings is 1. The van der Waals surface area contributed by atoms with Crippen LogP contribution in [0.1, 0.15) is 47.7 Å². The number of nitrogens with one attached hydrogen (secondary N) is 2. The third kappa shape index (κ3) is 5.43. The lowest BCUT2D eigenvalue weighted by Gasteiger charge is -2.26. The first-order valence-electron chi connectivity index (χ1n) is 12.7. The van der Waals surface area contributed by atoms with Crippen LogP contribution in [0.3, 0.4) is 0 Å². The first-order valence-corrected chi connectivity index (χ1v) is 13.4. The van der Waals surface area contributed by atoms with Gasteiger partial charge >= 0.3 is 5.97 Å². The van der Waals surface area contributed by atoms with Crippen molar-refractivity contribution in [3.8, 4) is 11.3 Å². The molecule has 1 saturated heterocycles. The molecule has 0 bridgehead atoms. The molecule has 0 spiro atoms. The third-order valence-electron chi connectivity index (χ3n) is 6.62. The molecule has 204 valence electrons. The number of carbonyl (C=O) groups excluding carboxylic acids is 2. The number of anilines is 2. The molecule has 0 aliphatic carbocycles. The summed E-state index contributed by atoms with van der Waals surface area (Å²) in [7, 11) is 1.35. The van der Waals surface area contributed by atoms with Crippen molar-refractivity contribution in [3.05, 3.63) is 101 Å². The van der Waals surface area contributed by atoms with Gasteiger partial charge in [-0.3, -0.25) is 9.78 Å². The number of thiocarbonyl (C=S) groups is 1. The number of rotatable bonds is 7. The van der Waals surface area contributed by atoms with Crippen molar-refractivity contribution < 1.29 is 18.7 Å². The van der Waals surface area contributed by atoms with Crippen LogP contribution >= 0.6 is 23.8 Å². The van der Waals surface area contributed by atoms with Crippen LogP contribution in [0.15, 0.2) is 83.4 Å². The number of nitrogens with zero attached hydrogens (tertiary/aromatic N) is 2. The van der Waals surface area contributed by atoms with Gasteiger partial charge in [0.15, 0.2) is 5.11 Å². The van der Waals surface area contributed by atoms with Gasteiger partial charge in [-0.2, -0.15) is 0 Å². The van der Waals surface area contributed by atoms with E-state index in [4.69, 9.17) is 33.0 Å². The summed E-state index contributed by atoms with van der Waals surface area (Å²) in [5.74, 6) is 0.583. The summed E-state index contributed by atoms with van der Waals surface area (Å²) in [5.41, 5.74) is 3.31. The van der Waals surface area contributed by atoms with E-state index in [9.17, 15) is 9.59 Å². The minimum Gasteiger partial charge on any atom is -0.465 e. The molecule has 0 radical (unpaired) electrons. The van der Waals surface area contributed by atoms with Crippen LogP contribution < -0.4 is 15.5 Å². The fourth-order valence-corrected chi connectivity index (χ4v) is 5.08. The lowest BCUT2D eigenvalue weighted by atomic mass is 10.0. The van der Waals surface area contributed by atoms with Crippen LogP contribution in [0.5, 0.6) is 0 Å². The smallest absolute Gasteiger partial charge is 0.337 e. The zero-order valence-electron chi connectivity index (χ0n) is 22.1. The highest BCUT2D eigenvalue weighted by molar-refractivity contribution is 7.80. The maximum Gasteiger partial charge on any atom is 0.337 e. The Morgan fingerprint density at radius 3 is 2.52 bits per heavy atom. The number of hydrogen-bond acceptors (Lipinski definition) is 6. The third-order valence-corrected chi connectivity index (χ3v) is 7.25. The molecule has 1 amide bonds. The van der Waals surface area contributed by atoms with E-state index < -0.39 is 12.0 Å². The Balaban J connectivity index is 1.52. The first-order chi connectivity index (χ1) is 19.3. The van der Waals surface area contributed by atoms with Crippen LogP contribution in [0.4, 0.5) is 11.4 Å². The zero-order chi connectivity index (χ0) is 28.4. The fourth-order valence-electron chi connectivity index (χ4n) is 4.51. The number of hydrogen-bond donors (Lipinski definition) is 2. The van der Waals surface area contributed by atoms with Crippen molar-refractivity contribution in [2.75, 3.05) is 17.3 Å². The van der Waals surface area contributed by atoms with Gasteiger partial charge in [0.25, 0.3) is 0 Å². The number of aromatic nitrogens is 1. The summed E-state index contributed by atoms with van der Waals surface area (Å²) in [6.45, 7) is 3.64. The highest BCUT2D eigenvalue weighted by Crippen LogP contribution is 2.44. The molecule has 1 aliphatic heterocycles. The zero-order valence-corrected chi connectivity index (χ0v) is 23.6. The second-order valence-electron chi connectivity index (χ2n) is 9.58. The second-order valence-corrected chi connectivity index (χ2v) is 10.4. The highest BCUT2D eigenvalue weighted by atomic mass is 35.5. The number of pyridine rings is 1. The largest absolute Gasteiger partial charge is 0.465 e. The molecule has 1 aliphatic rings. The lowest BCUT2D eigenvalue weighted by molar-refractivity contribution is -0.118. The predicted molar refractivity (Wildman–Crippen MR) is 158 cm³/mol. The molecule has 4 aromatic rings. The summed E-state index contributed by atoms with van der Waals surface area (Å²) in [6.07, 6.45) is 1.74. The molecule has 2 aromatic carbocycles. The Morgan fingerprint density at radius 2 is 1.88 bits per heavy atom. The van der Waals surface area contributed by atoms with Gasteiger partial charge in [0.2, 0.25) is 5.91 Å². The van der Waals surface area contributed by atoms with Gasteiger partial charge < -0.3 is 24.7 Å². The molecule has 0 unspecified atom stereocenters. The normalized spacial score (nSPS) is 16.6. The Hall–Kier alpha value is -4.21. The van der Waals surface area contributed by atoms with Gasteiger partial charge in [0, 0.05) is 23.4 Å². The molecule has 2 N–H and O–H groups in total. The van der Waals surface area contributed by atoms with Crippen LogP contribution in [-0.2, 0) is 9.53 Å². The molecule has 2 atom stereocenters. The van der Waals surface area contributed by atoms with Gasteiger partial charge in [0.05, 0.1) is 35.1 Å². The van der Waals surface area contributed by atoms with E-state index in [0.29, 0.717) is 32.9 Å². The molecule has 0 saturated carbocycles. The number of ether oxygens (including phenoxy) is 1. The minimum atomic E-state index is -0.403. The number of carbonyl (C=O) groups is 2. The van der Waals surface area contributed by atoms with E-state index in [2.05, 4.69) is 15.6 Å². The average molecular weight is 575 g/mol. The van der Waals surface area contributed by atoms with Crippen LogP contribution in [0.25, 0.3) is 11.3 Å². The quantitative estimate of drug-likeness (QED) is 0.189. The summed E-state index contributed by atoms with van der Waals surface area (Å²) in [5, 5.41) is 7.12. The number of amides is 1. The van der Waals surface area contributed by atoms with Gasteiger partial charge in [-0.15, -0.1) is 0 Å². The lowest BCUT2D eigenvalue weighted by Crippen LogP contribution is -2.29. The van der Waals surface area contributed by atoms with Crippen molar-refractivity contribution in [2.24, 2.45) is 5.92 Å². The monoisotopic (exact) mass is 574 g/mol. The van der Waals surface area contributed by atoms with Crippen LogP contribution in [-0.4, -0.2) is 29.1 Å². The number of benzene rings is 2. The standard InChI is InChI=1S/C30H27ClN4O4S/c1-17(2)28(36)33-22-12-11-20(16-21(22)31)35-27(26(34-30(35)40)23-6-4-5-15-32-23)25-14-13-24(39-25)18-7-9-19(10-8-18)29(37)38-3/h4-17,26-27H,1-3H3,(H,33,36)(H,34,40)/t26-,27+/m0/s1. The molecule has 10 heteroatoms. The van der Waals surface area contributed by atoms with E-state index in [-0.39, 0.29) is 17.9 Å². The molecule has 8 nitrogen and oxygen atoms in total. The summed E-state index contributed by atoms with van der Waals surface area (Å²) in [4.78, 5) is 30.6. The maximum absolute atomic E-state index is 12.2. The van der Waals surface area contributed by atoms with Crippen LogP contribution in [0, 0.1) is 5.92 Å². The van der Waals surface area contributed by atoms with Crippen molar-refractivity contribution in [1.29, 1.82) is 0 Å². The van der Waals surface area contributed by atoms with Gasteiger partial charge in [0.1, 0.15) is 17.6 Å². The molecule has 5 rings (SSSR count). The van der Waals surface area contributed by atoms with Crippen molar-refractivity contribution in [1.82, 2.24) is 10.3 Å². The summed E-state index contributed by atoms with van der Waals surface area (Å²) < 4.78 is 11.2. The van der Waals surface area contributed by atoms with E-state index in [1.807, 2.05) is 67.3 Å². The van der Waals surface area contributed by atoms with Gasteiger partial charge in [-0.05, 0) is 66.8 Å². The Morgan fingerprint density at radius 1 is 1.10 bits per heavy atom. The number of methoxy groups -OCH3 is 1. The predicted octanol–water partition coefficient (Wildman–Crippen LogP) is 6.55. The van der Waals surface area contributed by atoms with Gasteiger partial charge in [-0.1, -0.05) is 43.6 Å². The van der Waals surface area contributed by atoms with E-state index in [0.717, 1.165) is 16.9 Å². The molecular formula is C30H27ClN4O4S. The fraction of sp³-hybridized carbons (Fsp3) is 0.200. The molecule has 40 heavy (non-hydrogen) atoms. The molecule has 3 heterocycles. The molecule has 1 fully saturated rings. The Kier molecular flexibility index (Phi) is 7.86. The topological polar surface area (TPSA) is 96.7 Å². The minimum absolute atomic E-state index is 0.121. The maximum atomic E-state index is 12.2. The van der Waals surface area contributed by atoms with E-state index >= 15 is 0 Å². The van der Waals surface area contributed by atoms with Crippen molar-refractivity contribution in [2.45, 2.75) is 25.9 Å². The molecular weight excluding hydrogens is 548 g/mol. The number of esters is 1. The Labute approximate surface area is 242 Å². The SMILES string of the molecule is COC(=O)c1ccc(-c2ccc([C@@H]3[C@H](c4ccccn4)NC(=S)N3c3ccc(NC(=O)C(C)C)c(Cl)c3)o2)cc1. The first kappa shape index (κ1) is 27.4. The van der Waals surface area contributed by atoms with Crippen molar-refractivity contribution >= 4 is 52.2 Å². The number of halogens is 1. The summed E-state index contributed by atoms with van der Waals surface area (Å²) in [6, 6.07) is 21.2. The van der Waals surface area contributed by atoms with Crippen LogP contribution in [0.2, 0.25) is 5.02 Å². The van der Waals surface area contributed by atoms with E-state index in [1.54, 1.807) is 30.5 Å². The highest BCUT2D eigenvalue weighted by Gasteiger charge is 2.42. The molecule has 2 aromatic heterocycles. The average Bonchev–Trinajstić information content (AvgIpc) is 3.59. The van der Waals surface area contributed by atoms with E-state index in [1.165, 1.54) is 7.11 Å².